The van der Waals surface area contributed by atoms with Crippen molar-refractivity contribution in [3.05, 3.63) is 84.4 Å². The zero-order valence-corrected chi connectivity index (χ0v) is 12.7. The van der Waals surface area contributed by atoms with Crippen LogP contribution in [0.25, 0.3) is 21.8 Å². The number of benzene rings is 3. The Labute approximate surface area is 135 Å². The number of aliphatic hydroxyl groups is 1. The number of nitrogen functional groups attached to an aromatic ring is 1. The number of nitrogens with two attached hydrogens (primary N) is 1. The molecule has 1 heterocycles. The van der Waals surface area contributed by atoms with Crippen molar-refractivity contribution in [3.63, 3.8) is 0 Å². The molecule has 0 saturated heterocycles. The summed E-state index contributed by atoms with van der Waals surface area (Å²) >= 11 is 0. The van der Waals surface area contributed by atoms with Gasteiger partial charge in [0.2, 0.25) is 0 Å². The monoisotopic (exact) mass is 302 g/mol. The number of hydrogen-bond acceptors (Lipinski definition) is 3. The molecule has 0 bridgehead atoms. The number of rotatable bonds is 1. The Morgan fingerprint density at radius 1 is 0.739 bits per heavy atom. The quantitative estimate of drug-likeness (QED) is 0.410. The summed E-state index contributed by atoms with van der Waals surface area (Å²) in [6.07, 6.45) is 0. The molecule has 23 heavy (non-hydrogen) atoms. The number of aliphatic hydroxyl groups excluding tert-OH is 1. The Morgan fingerprint density at radius 3 is 1.87 bits per heavy atom. The van der Waals surface area contributed by atoms with Crippen molar-refractivity contribution in [2.24, 2.45) is 0 Å². The molecule has 0 atom stereocenters. The van der Waals surface area contributed by atoms with Crippen molar-refractivity contribution >= 4 is 27.5 Å². The first-order valence-electron chi connectivity index (χ1n) is 7.46. The van der Waals surface area contributed by atoms with Crippen LogP contribution in [-0.2, 0) is 6.61 Å². The second-order valence-electron chi connectivity index (χ2n) is 5.28. The van der Waals surface area contributed by atoms with Gasteiger partial charge in [0.05, 0.1) is 17.6 Å². The van der Waals surface area contributed by atoms with E-state index >= 15 is 0 Å². The summed E-state index contributed by atoms with van der Waals surface area (Å²) in [6, 6.07) is 25.8. The minimum absolute atomic E-state index is 0.0606. The molecule has 0 spiro atoms. The standard InChI is InChI=1S/C13H9N.C7H9NO/c1-3-7-12-10(5-1)9-11-6-2-4-8-13(11)14-12;8-7-3-1-2-6(4-7)5-9/h1-9H;1-4,9H,5,8H2. The lowest BCUT2D eigenvalue weighted by atomic mass is 10.1. The molecular formula is C20H18N2O. The molecule has 1 aromatic heterocycles. The molecule has 4 aromatic rings. The lowest BCUT2D eigenvalue weighted by molar-refractivity contribution is 0.282. The topological polar surface area (TPSA) is 59.1 Å². The van der Waals surface area contributed by atoms with Crippen molar-refractivity contribution in [1.29, 1.82) is 0 Å². The van der Waals surface area contributed by atoms with Crippen LogP contribution in [0.5, 0.6) is 0 Å². The molecule has 3 nitrogen and oxygen atoms in total. The molecule has 4 rings (SSSR count). The average Bonchev–Trinajstić information content (AvgIpc) is 2.60. The highest BCUT2D eigenvalue weighted by Gasteiger charge is 1.96. The molecule has 0 unspecified atom stereocenters. The third kappa shape index (κ3) is 3.65. The van der Waals surface area contributed by atoms with Gasteiger partial charge < -0.3 is 10.8 Å². The summed E-state index contributed by atoms with van der Waals surface area (Å²) in [5.74, 6) is 0. The molecule has 3 heteroatoms. The largest absolute Gasteiger partial charge is 0.399 e. The van der Waals surface area contributed by atoms with E-state index < -0.39 is 0 Å². The minimum atomic E-state index is 0.0606. The maximum atomic E-state index is 8.61. The molecule has 0 radical (unpaired) electrons. The van der Waals surface area contributed by atoms with E-state index in [1.807, 2.05) is 48.5 Å². The van der Waals surface area contributed by atoms with Crippen molar-refractivity contribution < 1.29 is 5.11 Å². The van der Waals surface area contributed by atoms with E-state index in [-0.39, 0.29) is 6.61 Å². The number of para-hydroxylation sites is 2. The van der Waals surface area contributed by atoms with E-state index in [1.165, 1.54) is 10.8 Å². The molecule has 0 aliphatic rings. The van der Waals surface area contributed by atoms with Gasteiger partial charge in [0, 0.05) is 16.5 Å². The molecule has 0 amide bonds. The van der Waals surface area contributed by atoms with Crippen molar-refractivity contribution in [2.45, 2.75) is 6.61 Å². The summed E-state index contributed by atoms with van der Waals surface area (Å²) in [6.45, 7) is 0.0606. The summed E-state index contributed by atoms with van der Waals surface area (Å²) in [5.41, 5.74) is 9.10. The van der Waals surface area contributed by atoms with Gasteiger partial charge in [0.1, 0.15) is 0 Å². The number of anilines is 1. The number of aromatic nitrogens is 1. The third-order valence-electron chi connectivity index (χ3n) is 3.56. The zero-order valence-electron chi connectivity index (χ0n) is 12.7. The van der Waals surface area contributed by atoms with Crippen LogP contribution in [0.4, 0.5) is 5.69 Å². The van der Waals surface area contributed by atoms with E-state index in [1.54, 1.807) is 12.1 Å². The Balaban J connectivity index is 0.000000151. The molecule has 3 aromatic carbocycles. The summed E-state index contributed by atoms with van der Waals surface area (Å²) in [7, 11) is 0. The lowest BCUT2D eigenvalue weighted by Crippen LogP contribution is -1.87. The predicted octanol–water partition coefficient (Wildman–Crippen LogP) is 4.15. The number of hydrogen-bond donors (Lipinski definition) is 2. The Bertz CT molecular complexity index is 829. The number of nitrogens with zero attached hydrogens (tertiary/aromatic N) is 1. The highest BCUT2D eigenvalue weighted by molar-refractivity contribution is 5.92. The van der Waals surface area contributed by atoms with Crippen molar-refractivity contribution in [2.75, 3.05) is 5.73 Å². The molecule has 0 aliphatic carbocycles. The Kier molecular flexibility index (Phi) is 4.50. The van der Waals surface area contributed by atoms with Crippen molar-refractivity contribution in [3.8, 4) is 0 Å². The van der Waals surface area contributed by atoms with E-state index in [4.69, 9.17) is 10.8 Å². The van der Waals surface area contributed by atoms with Gasteiger partial charge >= 0.3 is 0 Å². The van der Waals surface area contributed by atoms with E-state index in [0.717, 1.165) is 16.6 Å². The van der Waals surface area contributed by atoms with Crippen LogP contribution in [0, 0.1) is 0 Å². The highest BCUT2D eigenvalue weighted by Crippen LogP contribution is 2.18. The van der Waals surface area contributed by atoms with Crippen LogP contribution < -0.4 is 5.73 Å². The first-order valence-corrected chi connectivity index (χ1v) is 7.46. The van der Waals surface area contributed by atoms with Crippen LogP contribution in [0.2, 0.25) is 0 Å². The second-order valence-corrected chi connectivity index (χ2v) is 5.28. The first-order chi connectivity index (χ1) is 11.3. The molecular weight excluding hydrogens is 284 g/mol. The maximum Gasteiger partial charge on any atom is 0.0709 e. The fourth-order valence-corrected chi connectivity index (χ4v) is 2.41. The third-order valence-corrected chi connectivity index (χ3v) is 3.56. The highest BCUT2D eigenvalue weighted by atomic mass is 16.3. The average molecular weight is 302 g/mol. The van der Waals surface area contributed by atoms with Gasteiger partial charge in [-0.15, -0.1) is 0 Å². The maximum absolute atomic E-state index is 8.61. The van der Waals surface area contributed by atoms with Gasteiger partial charge in [0.15, 0.2) is 0 Å². The van der Waals surface area contributed by atoms with Crippen LogP contribution >= 0.6 is 0 Å². The van der Waals surface area contributed by atoms with Crippen LogP contribution in [-0.4, -0.2) is 10.1 Å². The summed E-state index contributed by atoms with van der Waals surface area (Å²) < 4.78 is 0. The van der Waals surface area contributed by atoms with Crippen molar-refractivity contribution in [1.82, 2.24) is 4.98 Å². The van der Waals surface area contributed by atoms with Crippen LogP contribution in [0.15, 0.2) is 78.9 Å². The molecule has 114 valence electrons. The van der Waals surface area contributed by atoms with E-state index in [2.05, 4.69) is 23.2 Å². The minimum Gasteiger partial charge on any atom is -0.399 e. The smallest absolute Gasteiger partial charge is 0.0709 e. The Morgan fingerprint density at radius 2 is 1.35 bits per heavy atom. The van der Waals surface area contributed by atoms with Crippen LogP contribution in [0.1, 0.15) is 5.56 Å². The number of pyridine rings is 1. The van der Waals surface area contributed by atoms with Gasteiger partial charge in [-0.25, -0.2) is 4.98 Å². The predicted molar refractivity (Wildman–Crippen MR) is 96.0 cm³/mol. The lowest BCUT2D eigenvalue weighted by Gasteiger charge is -1.99. The van der Waals surface area contributed by atoms with Crippen LogP contribution in [0.3, 0.4) is 0 Å². The zero-order chi connectivity index (χ0) is 16.1. The molecule has 0 saturated carbocycles. The van der Waals surface area contributed by atoms with Gasteiger partial charge in [0.25, 0.3) is 0 Å². The van der Waals surface area contributed by atoms with Gasteiger partial charge in [-0.1, -0.05) is 48.5 Å². The number of fused-ring (bicyclic) bond motifs is 2. The first kappa shape index (κ1) is 15.0. The fourth-order valence-electron chi connectivity index (χ4n) is 2.41. The molecule has 0 aliphatic heterocycles. The van der Waals surface area contributed by atoms with Gasteiger partial charge in [-0.3, -0.25) is 0 Å². The fraction of sp³-hybridized carbons (Fsp3) is 0.0500. The van der Waals surface area contributed by atoms with E-state index in [9.17, 15) is 0 Å². The molecule has 0 fully saturated rings. The second kappa shape index (κ2) is 6.90. The Hall–Kier alpha value is -2.91. The van der Waals surface area contributed by atoms with E-state index in [0.29, 0.717) is 5.69 Å². The normalized spacial score (nSPS) is 10.3. The molecule has 3 N–H and O–H groups in total. The summed E-state index contributed by atoms with van der Waals surface area (Å²) in [5, 5.41) is 11.0. The SMILES string of the molecule is Nc1cccc(CO)c1.c1ccc2nc3ccccc3cc2c1. The van der Waals surface area contributed by atoms with Gasteiger partial charge in [-0.05, 0) is 35.9 Å². The van der Waals surface area contributed by atoms with Gasteiger partial charge in [-0.2, -0.15) is 0 Å². The summed E-state index contributed by atoms with van der Waals surface area (Å²) in [4.78, 5) is 4.58.